The van der Waals surface area contributed by atoms with Gasteiger partial charge in [-0.25, -0.2) is 0 Å². The molecule has 1 saturated carbocycles. The van der Waals surface area contributed by atoms with Crippen molar-refractivity contribution in [2.75, 3.05) is 37.6 Å². The van der Waals surface area contributed by atoms with Crippen LogP contribution in [0.1, 0.15) is 44.1 Å². The number of carbonyl (C=O) groups is 1. The third-order valence-corrected chi connectivity index (χ3v) is 6.79. The topological polar surface area (TPSA) is 55.8 Å². The van der Waals surface area contributed by atoms with Gasteiger partial charge in [-0.15, -0.1) is 0 Å². The molecule has 2 aromatic rings. The molecule has 5 nitrogen and oxygen atoms in total. The number of nitrogens with zero attached hydrogens (tertiary/aromatic N) is 2. The Morgan fingerprint density at radius 1 is 1.03 bits per heavy atom. The van der Waals surface area contributed by atoms with E-state index < -0.39 is 0 Å². The molecule has 1 aliphatic heterocycles. The highest BCUT2D eigenvalue weighted by molar-refractivity contribution is 5.79. The molecule has 160 valence electrons. The molecule has 1 aliphatic carbocycles. The second-order valence-electron chi connectivity index (χ2n) is 8.95. The molecule has 2 fully saturated rings. The molecule has 2 unspecified atom stereocenters. The van der Waals surface area contributed by atoms with E-state index in [1.165, 1.54) is 17.7 Å². The molecule has 1 heterocycles. The Balaban J connectivity index is 1.34. The zero-order valence-corrected chi connectivity index (χ0v) is 17.9. The molecule has 0 aromatic heterocycles. The van der Waals surface area contributed by atoms with Crippen molar-refractivity contribution in [3.05, 3.63) is 60.2 Å². The Bertz CT molecular complexity index is 831. The number of nitrogens with one attached hydrogen (secondary N) is 1. The summed E-state index contributed by atoms with van der Waals surface area (Å²) in [6, 6.07) is 18.0. The smallest absolute Gasteiger partial charge is 0.234 e. The number of amides is 1. The first-order valence-electron chi connectivity index (χ1n) is 11.2. The number of anilines is 1. The van der Waals surface area contributed by atoms with Gasteiger partial charge in [0.2, 0.25) is 5.91 Å². The van der Waals surface area contributed by atoms with Crippen molar-refractivity contribution in [3.63, 3.8) is 0 Å². The fraction of sp³-hybridized carbons (Fsp3) is 0.480. The van der Waals surface area contributed by atoms with Crippen molar-refractivity contribution in [2.45, 2.75) is 44.1 Å². The summed E-state index contributed by atoms with van der Waals surface area (Å²) in [6.07, 6.45) is 4.38. The molecule has 0 radical (unpaired) electrons. The largest absolute Gasteiger partial charge is 0.508 e. The normalized spacial score (nSPS) is 25.1. The Morgan fingerprint density at radius 3 is 2.43 bits per heavy atom. The molecular formula is C25H33N3O2. The van der Waals surface area contributed by atoms with Crippen LogP contribution in [0.2, 0.25) is 0 Å². The van der Waals surface area contributed by atoms with Crippen LogP contribution in [0.3, 0.4) is 0 Å². The maximum absolute atomic E-state index is 13.0. The van der Waals surface area contributed by atoms with Crippen LogP contribution in [0.15, 0.2) is 54.6 Å². The first-order chi connectivity index (χ1) is 14.5. The van der Waals surface area contributed by atoms with Crippen LogP contribution in [0, 0.1) is 0 Å². The molecule has 2 aliphatic rings. The van der Waals surface area contributed by atoms with Gasteiger partial charge in [0.25, 0.3) is 0 Å². The molecule has 2 N–H and O–H groups in total. The van der Waals surface area contributed by atoms with E-state index in [0.717, 1.165) is 45.4 Å². The third kappa shape index (κ3) is 4.78. The highest BCUT2D eigenvalue weighted by Gasteiger charge is 2.38. The standard InChI is InChI=1S/C25H33N3O2/c1-25(14-6-5-9-23(25)20-10-12-22(29)13-11-20)26-24(30)19-27-15-17-28(18-16-27)21-7-3-2-4-8-21/h2-4,7-8,10-13,23,29H,5-6,9,14-19H2,1H3,(H,26,30). The van der Waals surface area contributed by atoms with Gasteiger partial charge in [0.05, 0.1) is 6.54 Å². The second-order valence-corrected chi connectivity index (χ2v) is 8.95. The van der Waals surface area contributed by atoms with Crippen LogP contribution >= 0.6 is 0 Å². The lowest BCUT2D eigenvalue weighted by molar-refractivity contribution is -0.124. The van der Waals surface area contributed by atoms with Gasteiger partial charge in [-0.1, -0.05) is 43.2 Å². The van der Waals surface area contributed by atoms with Crippen molar-refractivity contribution in [1.82, 2.24) is 10.2 Å². The van der Waals surface area contributed by atoms with Crippen LogP contribution in [-0.2, 0) is 4.79 Å². The maximum atomic E-state index is 13.0. The zero-order chi connectivity index (χ0) is 21.0. The first-order valence-corrected chi connectivity index (χ1v) is 11.2. The number of phenols is 1. The summed E-state index contributed by atoms with van der Waals surface area (Å²) in [6.45, 7) is 6.35. The first kappa shape index (κ1) is 20.7. The third-order valence-electron chi connectivity index (χ3n) is 6.79. The number of para-hydroxylation sites is 1. The van der Waals surface area contributed by atoms with E-state index in [0.29, 0.717) is 6.54 Å². The lowest BCUT2D eigenvalue weighted by Crippen LogP contribution is -2.56. The maximum Gasteiger partial charge on any atom is 0.234 e. The van der Waals surface area contributed by atoms with Gasteiger partial charge < -0.3 is 15.3 Å². The fourth-order valence-corrected chi connectivity index (χ4v) is 5.09. The van der Waals surface area contributed by atoms with Gasteiger partial charge in [0, 0.05) is 43.3 Å². The van der Waals surface area contributed by atoms with E-state index >= 15 is 0 Å². The number of hydrogen-bond donors (Lipinski definition) is 2. The van der Waals surface area contributed by atoms with Crippen LogP contribution < -0.4 is 10.2 Å². The summed E-state index contributed by atoms with van der Waals surface area (Å²) in [5.41, 5.74) is 2.22. The Labute approximate surface area is 179 Å². The minimum absolute atomic E-state index is 0.122. The zero-order valence-electron chi connectivity index (χ0n) is 17.9. The van der Waals surface area contributed by atoms with Crippen LogP contribution in [-0.4, -0.2) is 54.2 Å². The molecule has 0 bridgehead atoms. The molecule has 2 aromatic carbocycles. The number of carbonyl (C=O) groups excluding carboxylic acids is 1. The number of phenolic OH excluding ortho intramolecular Hbond substituents is 1. The Hall–Kier alpha value is -2.53. The second kappa shape index (κ2) is 9.09. The summed E-state index contributed by atoms with van der Waals surface area (Å²) >= 11 is 0. The minimum atomic E-state index is -0.238. The van der Waals surface area contributed by atoms with Gasteiger partial charge in [0.1, 0.15) is 5.75 Å². The fourth-order valence-electron chi connectivity index (χ4n) is 5.09. The molecule has 0 spiro atoms. The van der Waals surface area contributed by atoms with Crippen molar-refractivity contribution in [2.24, 2.45) is 0 Å². The highest BCUT2D eigenvalue weighted by atomic mass is 16.3. The summed E-state index contributed by atoms with van der Waals surface area (Å²) in [5, 5.41) is 13.0. The Morgan fingerprint density at radius 2 is 1.73 bits per heavy atom. The van der Waals surface area contributed by atoms with Crippen LogP contribution in [0.25, 0.3) is 0 Å². The van der Waals surface area contributed by atoms with E-state index in [4.69, 9.17) is 0 Å². The SMILES string of the molecule is CC1(NC(=O)CN2CCN(c3ccccc3)CC2)CCCCC1c1ccc(O)cc1. The van der Waals surface area contributed by atoms with E-state index in [9.17, 15) is 9.90 Å². The Kier molecular flexibility index (Phi) is 6.28. The van der Waals surface area contributed by atoms with Crippen LogP contribution in [0.4, 0.5) is 5.69 Å². The molecule has 5 heteroatoms. The van der Waals surface area contributed by atoms with Gasteiger partial charge in [-0.3, -0.25) is 9.69 Å². The van der Waals surface area contributed by atoms with E-state index in [1.807, 2.05) is 18.2 Å². The average Bonchev–Trinajstić information content (AvgIpc) is 2.76. The quantitative estimate of drug-likeness (QED) is 0.793. The summed E-state index contributed by atoms with van der Waals surface area (Å²) in [5.74, 6) is 0.692. The predicted molar refractivity (Wildman–Crippen MR) is 121 cm³/mol. The van der Waals surface area contributed by atoms with Crippen molar-refractivity contribution < 1.29 is 9.90 Å². The molecule has 2 atom stereocenters. The molecule has 30 heavy (non-hydrogen) atoms. The predicted octanol–water partition coefficient (Wildman–Crippen LogP) is 3.75. The van der Waals surface area contributed by atoms with E-state index in [1.54, 1.807) is 12.1 Å². The number of aromatic hydroxyl groups is 1. The molecule has 1 amide bonds. The number of piperazine rings is 1. The number of rotatable bonds is 5. The summed E-state index contributed by atoms with van der Waals surface area (Å²) in [7, 11) is 0. The van der Waals surface area contributed by atoms with Crippen molar-refractivity contribution in [1.29, 1.82) is 0 Å². The monoisotopic (exact) mass is 407 g/mol. The van der Waals surface area contributed by atoms with Gasteiger partial charge >= 0.3 is 0 Å². The van der Waals surface area contributed by atoms with Gasteiger partial charge in [-0.05, 0) is 49.6 Å². The summed E-state index contributed by atoms with van der Waals surface area (Å²) < 4.78 is 0. The molecule has 4 rings (SSSR count). The lowest BCUT2D eigenvalue weighted by atomic mass is 9.70. The molecular weight excluding hydrogens is 374 g/mol. The van der Waals surface area contributed by atoms with Gasteiger partial charge in [0.15, 0.2) is 0 Å². The van der Waals surface area contributed by atoms with Crippen molar-refractivity contribution >= 4 is 11.6 Å². The molecule has 1 saturated heterocycles. The van der Waals surface area contributed by atoms with E-state index in [2.05, 4.69) is 46.3 Å². The van der Waals surface area contributed by atoms with Crippen molar-refractivity contribution in [3.8, 4) is 5.75 Å². The lowest BCUT2D eigenvalue weighted by Gasteiger charge is -2.43. The van der Waals surface area contributed by atoms with Crippen LogP contribution in [0.5, 0.6) is 5.75 Å². The summed E-state index contributed by atoms with van der Waals surface area (Å²) in [4.78, 5) is 17.6. The van der Waals surface area contributed by atoms with Gasteiger partial charge in [-0.2, -0.15) is 0 Å². The number of benzene rings is 2. The number of hydrogen-bond acceptors (Lipinski definition) is 4. The highest BCUT2D eigenvalue weighted by Crippen LogP contribution is 2.41. The average molecular weight is 408 g/mol. The van der Waals surface area contributed by atoms with E-state index in [-0.39, 0.29) is 23.1 Å². The minimum Gasteiger partial charge on any atom is -0.508 e.